The summed E-state index contributed by atoms with van der Waals surface area (Å²) in [5.74, 6) is 0. The number of benzene rings is 2. The molecule has 1 heterocycles. The molecule has 2 aromatic carbocycles. The van der Waals surface area contributed by atoms with Crippen molar-refractivity contribution >= 4 is 22.5 Å². The van der Waals surface area contributed by atoms with Gasteiger partial charge >= 0.3 is 0 Å². The van der Waals surface area contributed by atoms with Crippen LogP contribution in [0.3, 0.4) is 0 Å². The van der Waals surface area contributed by atoms with Crippen LogP contribution in [0.1, 0.15) is 29.8 Å². The summed E-state index contributed by atoms with van der Waals surface area (Å²) >= 11 is 6.44. The van der Waals surface area contributed by atoms with Crippen LogP contribution in [0.15, 0.2) is 48.5 Å². The molecule has 3 heteroatoms. The summed E-state index contributed by atoms with van der Waals surface area (Å²) in [5, 5.41) is 5.43. The van der Waals surface area contributed by atoms with Crippen molar-refractivity contribution in [1.29, 1.82) is 0 Å². The summed E-state index contributed by atoms with van der Waals surface area (Å²) in [6, 6.07) is 17.0. The Labute approximate surface area is 130 Å². The van der Waals surface area contributed by atoms with E-state index in [0.717, 1.165) is 28.2 Å². The van der Waals surface area contributed by atoms with Gasteiger partial charge in [0.15, 0.2) is 0 Å². The SMILES string of the molecule is Cc1cccc([C@@H](C)NCc2[nH]c3ccccc3c2Cl)c1. The molecule has 21 heavy (non-hydrogen) atoms. The van der Waals surface area contributed by atoms with E-state index >= 15 is 0 Å². The van der Waals surface area contributed by atoms with Gasteiger partial charge in [0.05, 0.1) is 5.02 Å². The summed E-state index contributed by atoms with van der Waals surface area (Å²) in [4.78, 5) is 3.39. The first-order valence-electron chi connectivity index (χ1n) is 7.20. The van der Waals surface area contributed by atoms with Crippen LogP contribution in [0.5, 0.6) is 0 Å². The number of rotatable bonds is 4. The van der Waals surface area contributed by atoms with Crippen LogP contribution in [0.25, 0.3) is 10.9 Å². The largest absolute Gasteiger partial charge is 0.356 e. The first-order valence-corrected chi connectivity index (χ1v) is 7.58. The van der Waals surface area contributed by atoms with E-state index in [2.05, 4.69) is 54.5 Å². The fourth-order valence-electron chi connectivity index (χ4n) is 2.60. The van der Waals surface area contributed by atoms with Crippen molar-refractivity contribution < 1.29 is 0 Å². The molecule has 0 aliphatic heterocycles. The number of nitrogens with one attached hydrogen (secondary N) is 2. The number of aryl methyl sites for hydroxylation is 1. The monoisotopic (exact) mass is 298 g/mol. The van der Waals surface area contributed by atoms with E-state index in [4.69, 9.17) is 11.6 Å². The highest BCUT2D eigenvalue weighted by Gasteiger charge is 2.10. The molecule has 0 radical (unpaired) electrons. The highest BCUT2D eigenvalue weighted by molar-refractivity contribution is 6.36. The number of para-hydroxylation sites is 1. The number of aromatic nitrogens is 1. The second kappa shape index (κ2) is 5.92. The molecule has 0 spiro atoms. The van der Waals surface area contributed by atoms with Crippen LogP contribution in [-0.2, 0) is 6.54 Å². The summed E-state index contributed by atoms with van der Waals surface area (Å²) in [7, 11) is 0. The molecule has 0 saturated carbocycles. The van der Waals surface area contributed by atoms with Gasteiger partial charge in [-0.1, -0.05) is 59.6 Å². The first kappa shape index (κ1) is 14.2. The first-order chi connectivity index (χ1) is 10.1. The van der Waals surface area contributed by atoms with E-state index in [1.807, 2.05) is 18.2 Å². The van der Waals surface area contributed by atoms with Crippen LogP contribution in [0.2, 0.25) is 5.02 Å². The van der Waals surface area contributed by atoms with Crippen LogP contribution in [-0.4, -0.2) is 4.98 Å². The molecule has 0 aliphatic rings. The second-order valence-electron chi connectivity index (χ2n) is 5.48. The van der Waals surface area contributed by atoms with E-state index < -0.39 is 0 Å². The molecule has 3 rings (SSSR count). The molecule has 1 aromatic heterocycles. The third kappa shape index (κ3) is 2.97. The lowest BCUT2D eigenvalue weighted by atomic mass is 10.1. The lowest BCUT2D eigenvalue weighted by Gasteiger charge is -2.14. The molecule has 108 valence electrons. The Morgan fingerprint density at radius 3 is 2.71 bits per heavy atom. The molecule has 0 saturated heterocycles. The zero-order valence-corrected chi connectivity index (χ0v) is 13.0. The summed E-state index contributed by atoms with van der Waals surface area (Å²) in [6.07, 6.45) is 0. The lowest BCUT2D eigenvalue weighted by molar-refractivity contribution is 0.569. The van der Waals surface area contributed by atoms with Gasteiger partial charge in [0.2, 0.25) is 0 Å². The van der Waals surface area contributed by atoms with E-state index in [1.54, 1.807) is 0 Å². The average molecular weight is 299 g/mol. The predicted molar refractivity (Wildman–Crippen MR) is 89.7 cm³/mol. The van der Waals surface area contributed by atoms with Crippen LogP contribution < -0.4 is 5.32 Å². The summed E-state index contributed by atoms with van der Waals surface area (Å²) in [6.45, 7) is 5.01. The summed E-state index contributed by atoms with van der Waals surface area (Å²) < 4.78 is 0. The minimum Gasteiger partial charge on any atom is -0.356 e. The van der Waals surface area contributed by atoms with Gasteiger partial charge in [0.1, 0.15) is 0 Å². The zero-order valence-electron chi connectivity index (χ0n) is 12.3. The summed E-state index contributed by atoms with van der Waals surface area (Å²) in [5.41, 5.74) is 4.70. The maximum Gasteiger partial charge on any atom is 0.0705 e. The number of H-pyrrole nitrogens is 1. The second-order valence-corrected chi connectivity index (χ2v) is 5.86. The minimum absolute atomic E-state index is 0.285. The van der Waals surface area contributed by atoms with Gasteiger partial charge in [0.25, 0.3) is 0 Å². The van der Waals surface area contributed by atoms with Gasteiger partial charge in [-0.3, -0.25) is 0 Å². The van der Waals surface area contributed by atoms with Gasteiger partial charge in [-0.05, 0) is 25.5 Å². The van der Waals surface area contributed by atoms with Crippen molar-refractivity contribution in [1.82, 2.24) is 10.3 Å². The average Bonchev–Trinajstić information content (AvgIpc) is 2.82. The Balaban J connectivity index is 1.75. The Hall–Kier alpha value is -1.77. The Kier molecular flexibility index (Phi) is 4.00. The Morgan fingerprint density at radius 1 is 1.14 bits per heavy atom. The lowest BCUT2D eigenvalue weighted by Crippen LogP contribution is -2.18. The quantitative estimate of drug-likeness (QED) is 0.698. The molecule has 0 amide bonds. The third-order valence-corrected chi connectivity index (χ3v) is 4.27. The van der Waals surface area contributed by atoms with Gasteiger partial charge < -0.3 is 10.3 Å². The fraction of sp³-hybridized carbons (Fsp3) is 0.222. The van der Waals surface area contributed by atoms with Crippen LogP contribution >= 0.6 is 11.6 Å². The van der Waals surface area contributed by atoms with E-state index in [9.17, 15) is 0 Å². The number of hydrogen-bond donors (Lipinski definition) is 2. The van der Waals surface area contributed by atoms with Crippen molar-refractivity contribution in [3.05, 3.63) is 70.4 Å². The standard InChI is InChI=1S/C18H19ClN2/c1-12-6-5-7-14(10-12)13(2)20-11-17-18(19)15-8-3-4-9-16(15)21-17/h3-10,13,20-21H,11H2,1-2H3/t13-/m1/s1. The molecule has 3 aromatic rings. The zero-order chi connectivity index (χ0) is 14.8. The molecule has 0 aliphatic carbocycles. The van der Waals surface area contributed by atoms with E-state index in [0.29, 0.717) is 0 Å². The van der Waals surface area contributed by atoms with Gasteiger partial charge in [-0.15, -0.1) is 0 Å². The highest BCUT2D eigenvalue weighted by atomic mass is 35.5. The smallest absolute Gasteiger partial charge is 0.0705 e. The minimum atomic E-state index is 0.285. The normalized spacial score (nSPS) is 12.7. The number of hydrogen-bond acceptors (Lipinski definition) is 1. The molecule has 2 nitrogen and oxygen atoms in total. The maximum absolute atomic E-state index is 6.44. The number of halogens is 1. The topological polar surface area (TPSA) is 27.8 Å². The highest BCUT2D eigenvalue weighted by Crippen LogP contribution is 2.27. The third-order valence-electron chi connectivity index (χ3n) is 3.84. The maximum atomic E-state index is 6.44. The molecular formula is C18H19ClN2. The van der Waals surface area contributed by atoms with Gasteiger partial charge in [-0.2, -0.15) is 0 Å². The molecule has 0 fully saturated rings. The fourth-order valence-corrected chi connectivity index (χ4v) is 2.88. The van der Waals surface area contributed by atoms with Crippen molar-refractivity contribution in [3.8, 4) is 0 Å². The van der Waals surface area contributed by atoms with Crippen molar-refractivity contribution in [3.63, 3.8) is 0 Å². The van der Waals surface area contributed by atoms with Gasteiger partial charge in [0, 0.05) is 29.2 Å². The molecular weight excluding hydrogens is 280 g/mol. The molecule has 0 bridgehead atoms. The molecule has 1 atom stereocenters. The molecule has 2 N–H and O–H groups in total. The Bertz CT molecular complexity index is 761. The van der Waals surface area contributed by atoms with E-state index in [-0.39, 0.29) is 6.04 Å². The molecule has 0 unspecified atom stereocenters. The number of fused-ring (bicyclic) bond motifs is 1. The van der Waals surface area contributed by atoms with Crippen molar-refractivity contribution in [2.24, 2.45) is 0 Å². The van der Waals surface area contributed by atoms with Crippen molar-refractivity contribution in [2.45, 2.75) is 26.4 Å². The van der Waals surface area contributed by atoms with Crippen LogP contribution in [0, 0.1) is 6.92 Å². The Morgan fingerprint density at radius 2 is 1.95 bits per heavy atom. The van der Waals surface area contributed by atoms with Gasteiger partial charge in [-0.25, -0.2) is 0 Å². The van der Waals surface area contributed by atoms with E-state index in [1.165, 1.54) is 11.1 Å². The van der Waals surface area contributed by atoms with Crippen LogP contribution in [0.4, 0.5) is 0 Å². The predicted octanol–water partition coefficient (Wildman–Crippen LogP) is 4.98. The van der Waals surface area contributed by atoms with Crippen molar-refractivity contribution in [2.75, 3.05) is 0 Å². The number of aromatic amines is 1.